The highest BCUT2D eigenvalue weighted by atomic mass is 16.2. The topological polar surface area (TPSA) is 33.2 Å². The van der Waals surface area contributed by atoms with E-state index in [0.717, 1.165) is 18.4 Å². The Morgan fingerprint density at radius 1 is 1.09 bits per heavy atom. The van der Waals surface area contributed by atoms with E-state index in [0.29, 0.717) is 17.7 Å². The summed E-state index contributed by atoms with van der Waals surface area (Å²) >= 11 is 0. The first-order chi connectivity index (χ1) is 11.3. The van der Waals surface area contributed by atoms with Gasteiger partial charge in [-0.1, -0.05) is 42.8 Å². The van der Waals surface area contributed by atoms with Gasteiger partial charge in [0.25, 0.3) is 5.91 Å². The van der Waals surface area contributed by atoms with Crippen LogP contribution in [0.4, 0.5) is 0 Å². The van der Waals surface area contributed by atoms with Crippen molar-refractivity contribution >= 4 is 12.0 Å². The first kappa shape index (κ1) is 14.2. The molecule has 2 aliphatic rings. The summed E-state index contributed by atoms with van der Waals surface area (Å²) in [5.41, 5.74) is 2.88. The minimum Gasteiger partial charge on any atom is -0.307 e. The number of rotatable bonds is 2. The number of carbonyl (C=O) groups excluding carboxylic acids is 1. The van der Waals surface area contributed by atoms with E-state index in [1.807, 2.05) is 41.3 Å². The summed E-state index contributed by atoms with van der Waals surface area (Å²) in [6.07, 6.45) is 8.46. The predicted octanol–water partition coefficient (Wildman–Crippen LogP) is 4.14. The Hall–Kier alpha value is -2.42. The summed E-state index contributed by atoms with van der Waals surface area (Å²) in [4.78, 5) is 19.3. The van der Waals surface area contributed by atoms with E-state index >= 15 is 0 Å². The number of hydrogen-bond acceptors (Lipinski definition) is 2. The van der Waals surface area contributed by atoms with Gasteiger partial charge in [0.1, 0.15) is 5.69 Å². The van der Waals surface area contributed by atoms with Gasteiger partial charge in [-0.15, -0.1) is 0 Å². The molecule has 0 spiro atoms. The van der Waals surface area contributed by atoms with Crippen LogP contribution in [-0.2, 0) is 0 Å². The third-order valence-corrected chi connectivity index (χ3v) is 4.93. The van der Waals surface area contributed by atoms with Gasteiger partial charge in [-0.05, 0) is 43.0 Å². The van der Waals surface area contributed by atoms with Crippen molar-refractivity contribution in [3.8, 4) is 0 Å². The maximum absolute atomic E-state index is 13.0. The fraction of sp³-hybridized carbons (Fsp3) is 0.300. The van der Waals surface area contributed by atoms with Gasteiger partial charge >= 0.3 is 0 Å². The highest BCUT2D eigenvalue weighted by Crippen LogP contribution is 2.44. The molecule has 0 N–H and O–H groups in total. The number of hydrogen-bond donors (Lipinski definition) is 0. The third kappa shape index (κ3) is 2.67. The molecule has 4 rings (SSSR count). The zero-order valence-electron chi connectivity index (χ0n) is 13.1. The Morgan fingerprint density at radius 2 is 1.91 bits per heavy atom. The summed E-state index contributed by atoms with van der Waals surface area (Å²) in [5, 5.41) is 0. The number of benzene rings is 1. The van der Waals surface area contributed by atoms with Crippen molar-refractivity contribution < 1.29 is 4.79 Å². The molecular formula is C20H20N2O. The van der Waals surface area contributed by atoms with Crippen LogP contribution in [-0.4, -0.2) is 21.8 Å². The van der Waals surface area contributed by atoms with E-state index < -0.39 is 0 Å². The lowest BCUT2D eigenvalue weighted by Crippen LogP contribution is -2.34. The summed E-state index contributed by atoms with van der Waals surface area (Å²) < 4.78 is 0. The molecule has 1 aliphatic carbocycles. The Kier molecular flexibility index (Phi) is 3.70. The molecule has 2 unspecified atom stereocenters. The van der Waals surface area contributed by atoms with Crippen LogP contribution in [0.5, 0.6) is 0 Å². The normalized spacial score (nSPS) is 24.9. The van der Waals surface area contributed by atoms with Gasteiger partial charge in [0.05, 0.1) is 0 Å². The van der Waals surface area contributed by atoms with E-state index in [1.165, 1.54) is 18.5 Å². The Morgan fingerprint density at radius 3 is 2.70 bits per heavy atom. The van der Waals surface area contributed by atoms with Gasteiger partial charge in [-0.3, -0.25) is 9.78 Å². The highest BCUT2D eigenvalue weighted by molar-refractivity contribution is 5.94. The fourth-order valence-electron chi connectivity index (χ4n) is 3.88. The van der Waals surface area contributed by atoms with E-state index in [4.69, 9.17) is 0 Å². The molecule has 1 aromatic carbocycles. The van der Waals surface area contributed by atoms with Crippen LogP contribution in [0.15, 0.2) is 60.4 Å². The van der Waals surface area contributed by atoms with Crippen molar-refractivity contribution in [2.45, 2.75) is 31.7 Å². The van der Waals surface area contributed by atoms with Gasteiger partial charge in [-0.2, -0.15) is 0 Å². The molecular weight excluding hydrogens is 284 g/mol. The number of likely N-dealkylation sites (tertiary alicyclic amines) is 1. The minimum atomic E-state index is 0.0437. The van der Waals surface area contributed by atoms with Crippen LogP contribution in [0, 0.1) is 5.92 Å². The zero-order valence-corrected chi connectivity index (χ0v) is 13.1. The molecule has 116 valence electrons. The molecule has 1 amide bonds. The number of amides is 1. The zero-order chi connectivity index (χ0) is 15.6. The van der Waals surface area contributed by atoms with Crippen molar-refractivity contribution in [3.05, 3.63) is 71.7 Å². The van der Waals surface area contributed by atoms with Crippen LogP contribution in [0.25, 0.3) is 6.08 Å². The molecule has 0 radical (unpaired) electrons. The molecule has 1 saturated heterocycles. The second kappa shape index (κ2) is 5.99. The standard InChI is InChI=1S/C20H20N2O/c23-20(18-11-4-5-12-21-18)22-17-10-6-9-16(14-17)19(22)13-15-7-2-1-3-8-15/h1-5,7-8,11-13,16-17H,6,9-10,14H2/b19-13-. The summed E-state index contributed by atoms with van der Waals surface area (Å²) in [7, 11) is 0. The van der Waals surface area contributed by atoms with Crippen molar-refractivity contribution in [2.24, 2.45) is 5.92 Å². The average Bonchev–Trinajstić information content (AvgIpc) is 2.86. The lowest BCUT2D eigenvalue weighted by atomic mass is 9.88. The number of pyridine rings is 1. The Bertz CT molecular complexity index is 724. The van der Waals surface area contributed by atoms with Gasteiger partial charge in [0.15, 0.2) is 0 Å². The monoisotopic (exact) mass is 304 g/mol. The van der Waals surface area contributed by atoms with E-state index in [2.05, 4.69) is 23.2 Å². The second-order valence-corrected chi connectivity index (χ2v) is 6.39. The first-order valence-electron chi connectivity index (χ1n) is 8.34. The largest absolute Gasteiger partial charge is 0.307 e. The van der Waals surface area contributed by atoms with Crippen molar-refractivity contribution in [1.29, 1.82) is 0 Å². The van der Waals surface area contributed by atoms with Gasteiger partial charge < -0.3 is 4.90 Å². The maximum Gasteiger partial charge on any atom is 0.276 e. The van der Waals surface area contributed by atoms with Crippen LogP contribution < -0.4 is 0 Å². The average molecular weight is 304 g/mol. The second-order valence-electron chi connectivity index (χ2n) is 6.39. The highest BCUT2D eigenvalue weighted by Gasteiger charge is 2.42. The van der Waals surface area contributed by atoms with E-state index in [9.17, 15) is 4.79 Å². The lowest BCUT2D eigenvalue weighted by Gasteiger charge is -2.25. The molecule has 3 nitrogen and oxygen atoms in total. The maximum atomic E-state index is 13.0. The summed E-state index contributed by atoms with van der Waals surface area (Å²) in [6.45, 7) is 0. The minimum absolute atomic E-state index is 0.0437. The Balaban J connectivity index is 1.73. The summed E-state index contributed by atoms with van der Waals surface area (Å²) in [5.74, 6) is 0.545. The predicted molar refractivity (Wildman–Crippen MR) is 90.6 cm³/mol. The fourth-order valence-corrected chi connectivity index (χ4v) is 3.88. The molecule has 2 heterocycles. The van der Waals surface area contributed by atoms with Gasteiger partial charge in [0, 0.05) is 23.9 Å². The number of carbonyl (C=O) groups is 1. The van der Waals surface area contributed by atoms with Crippen molar-refractivity contribution in [1.82, 2.24) is 9.88 Å². The van der Waals surface area contributed by atoms with E-state index in [1.54, 1.807) is 6.20 Å². The number of fused-ring (bicyclic) bond motifs is 2. The van der Waals surface area contributed by atoms with Crippen LogP contribution >= 0.6 is 0 Å². The van der Waals surface area contributed by atoms with Crippen molar-refractivity contribution in [3.63, 3.8) is 0 Å². The molecule has 2 fully saturated rings. The SMILES string of the molecule is O=C(c1ccccn1)N1/C(=C\c2ccccc2)C2CCCC1C2. The molecule has 1 saturated carbocycles. The van der Waals surface area contributed by atoms with Crippen LogP contribution in [0.1, 0.15) is 41.7 Å². The van der Waals surface area contributed by atoms with Crippen molar-refractivity contribution in [2.75, 3.05) is 0 Å². The molecule has 1 aromatic heterocycles. The van der Waals surface area contributed by atoms with E-state index in [-0.39, 0.29) is 5.91 Å². The summed E-state index contributed by atoms with van der Waals surface area (Å²) in [6, 6.07) is 16.2. The first-order valence-corrected chi connectivity index (χ1v) is 8.34. The number of allylic oxidation sites excluding steroid dienone is 1. The van der Waals surface area contributed by atoms with Gasteiger partial charge in [0.2, 0.25) is 0 Å². The lowest BCUT2D eigenvalue weighted by molar-refractivity contribution is 0.0768. The third-order valence-electron chi connectivity index (χ3n) is 4.93. The molecule has 1 aliphatic heterocycles. The molecule has 23 heavy (non-hydrogen) atoms. The quantitative estimate of drug-likeness (QED) is 0.835. The van der Waals surface area contributed by atoms with Crippen LogP contribution in [0.3, 0.4) is 0 Å². The molecule has 3 heteroatoms. The Labute approximate surface area is 136 Å². The number of aromatic nitrogens is 1. The molecule has 2 bridgehead atoms. The number of nitrogens with zero attached hydrogens (tertiary/aromatic N) is 2. The van der Waals surface area contributed by atoms with Crippen LogP contribution in [0.2, 0.25) is 0 Å². The smallest absolute Gasteiger partial charge is 0.276 e. The van der Waals surface area contributed by atoms with Gasteiger partial charge in [-0.25, -0.2) is 0 Å². The molecule has 2 atom stereocenters. The molecule has 2 aromatic rings.